The monoisotopic (exact) mass is 337 g/mol. The van der Waals surface area contributed by atoms with Gasteiger partial charge in [0.25, 0.3) is 0 Å². The second kappa shape index (κ2) is 6.52. The molecule has 0 bridgehead atoms. The summed E-state index contributed by atoms with van der Waals surface area (Å²) >= 11 is 3.17. The average molecular weight is 338 g/mol. The molecule has 1 amide bonds. The number of amides is 1. The van der Waals surface area contributed by atoms with Gasteiger partial charge in [-0.15, -0.1) is 0 Å². The van der Waals surface area contributed by atoms with Crippen LogP contribution < -0.4 is 10.1 Å². The van der Waals surface area contributed by atoms with Gasteiger partial charge in [-0.2, -0.15) is 0 Å². The highest BCUT2D eigenvalue weighted by Gasteiger charge is 2.08. The number of methoxy groups -OCH3 is 1. The summed E-state index contributed by atoms with van der Waals surface area (Å²) in [4.78, 5) is 11.9. The van der Waals surface area contributed by atoms with Crippen LogP contribution in [0.25, 0.3) is 0 Å². The zero-order chi connectivity index (χ0) is 14.5. The van der Waals surface area contributed by atoms with E-state index in [0.717, 1.165) is 11.3 Å². The van der Waals surface area contributed by atoms with Crippen molar-refractivity contribution in [2.24, 2.45) is 0 Å². The van der Waals surface area contributed by atoms with E-state index in [2.05, 4.69) is 21.2 Å². The van der Waals surface area contributed by atoms with Gasteiger partial charge in [-0.05, 0) is 35.9 Å². The smallest absolute Gasteiger partial charge is 0.228 e. The predicted octanol–water partition coefficient (Wildman–Crippen LogP) is 3.78. The van der Waals surface area contributed by atoms with Gasteiger partial charge in [0.2, 0.25) is 5.91 Å². The summed E-state index contributed by atoms with van der Waals surface area (Å²) in [5.41, 5.74) is 1.01. The molecule has 2 rings (SSSR count). The lowest BCUT2D eigenvalue weighted by Crippen LogP contribution is -2.15. The molecule has 0 saturated heterocycles. The minimum atomic E-state index is -0.470. The van der Waals surface area contributed by atoms with Crippen molar-refractivity contribution in [3.05, 3.63) is 58.3 Å². The van der Waals surface area contributed by atoms with Crippen LogP contribution >= 0.6 is 15.9 Å². The minimum Gasteiger partial charge on any atom is -0.497 e. The van der Waals surface area contributed by atoms with Gasteiger partial charge in [0.15, 0.2) is 0 Å². The van der Waals surface area contributed by atoms with Gasteiger partial charge in [0, 0.05) is 4.47 Å². The maximum absolute atomic E-state index is 13.6. The lowest BCUT2D eigenvalue weighted by molar-refractivity contribution is -0.115. The van der Waals surface area contributed by atoms with Crippen LogP contribution in [0.15, 0.2) is 46.9 Å². The highest BCUT2D eigenvalue weighted by molar-refractivity contribution is 9.10. The molecule has 0 heterocycles. The van der Waals surface area contributed by atoms with Crippen molar-refractivity contribution < 1.29 is 13.9 Å². The molecule has 2 aromatic carbocycles. The summed E-state index contributed by atoms with van der Waals surface area (Å²) in [5.74, 6) is -0.00745. The first kappa shape index (κ1) is 14.5. The van der Waals surface area contributed by atoms with Crippen LogP contribution in [0.3, 0.4) is 0 Å². The first-order chi connectivity index (χ1) is 9.58. The topological polar surface area (TPSA) is 38.3 Å². The van der Waals surface area contributed by atoms with Gasteiger partial charge in [0.05, 0.1) is 19.2 Å². The van der Waals surface area contributed by atoms with E-state index in [4.69, 9.17) is 4.74 Å². The van der Waals surface area contributed by atoms with Crippen LogP contribution in [-0.4, -0.2) is 13.0 Å². The third-order valence-electron chi connectivity index (χ3n) is 2.73. The van der Waals surface area contributed by atoms with Crippen LogP contribution in [-0.2, 0) is 11.2 Å². The maximum Gasteiger partial charge on any atom is 0.228 e. The average Bonchev–Trinajstić information content (AvgIpc) is 2.43. The number of benzene rings is 2. The molecule has 2 aromatic rings. The fourth-order valence-electron chi connectivity index (χ4n) is 1.71. The van der Waals surface area contributed by atoms with Crippen LogP contribution in [0.1, 0.15) is 5.56 Å². The minimum absolute atomic E-state index is 0.173. The summed E-state index contributed by atoms with van der Waals surface area (Å²) in [7, 11) is 1.58. The maximum atomic E-state index is 13.6. The number of ether oxygens (including phenoxy) is 1. The summed E-state index contributed by atoms with van der Waals surface area (Å²) in [6.07, 6.45) is 0.180. The molecule has 0 aliphatic rings. The number of rotatable bonds is 4. The van der Waals surface area contributed by atoms with E-state index in [0.29, 0.717) is 4.47 Å². The third-order valence-corrected chi connectivity index (χ3v) is 3.22. The van der Waals surface area contributed by atoms with Crippen molar-refractivity contribution in [1.29, 1.82) is 0 Å². The van der Waals surface area contributed by atoms with Gasteiger partial charge in [0.1, 0.15) is 11.6 Å². The number of carbonyl (C=O) groups is 1. The molecule has 20 heavy (non-hydrogen) atoms. The molecule has 1 N–H and O–H groups in total. The number of carbonyl (C=O) groups excluding carboxylic acids is 1. The van der Waals surface area contributed by atoms with Crippen LogP contribution in [0.5, 0.6) is 5.75 Å². The lowest BCUT2D eigenvalue weighted by atomic mass is 10.1. The van der Waals surface area contributed by atoms with Crippen molar-refractivity contribution >= 4 is 27.5 Å². The van der Waals surface area contributed by atoms with Crippen molar-refractivity contribution in [2.45, 2.75) is 6.42 Å². The molecule has 0 aromatic heterocycles. The van der Waals surface area contributed by atoms with Crippen molar-refractivity contribution in [3.8, 4) is 5.75 Å². The summed E-state index contributed by atoms with van der Waals surface area (Å²) < 4.78 is 19.3. The van der Waals surface area contributed by atoms with E-state index >= 15 is 0 Å². The van der Waals surface area contributed by atoms with Crippen molar-refractivity contribution in [3.63, 3.8) is 0 Å². The van der Waals surface area contributed by atoms with E-state index in [1.54, 1.807) is 37.4 Å². The molecule has 0 fully saturated rings. The van der Waals surface area contributed by atoms with Gasteiger partial charge in [-0.25, -0.2) is 4.39 Å². The SMILES string of the molecule is COc1ccc(CC(=O)Nc2ccc(Br)cc2F)cc1. The normalized spacial score (nSPS) is 10.2. The first-order valence-electron chi connectivity index (χ1n) is 5.96. The van der Waals surface area contributed by atoms with E-state index in [-0.39, 0.29) is 18.0 Å². The molecule has 0 aliphatic heterocycles. The second-order valence-electron chi connectivity index (χ2n) is 4.20. The Balaban J connectivity index is 2.01. The Labute approximate surface area is 124 Å². The Morgan fingerprint density at radius 2 is 1.95 bits per heavy atom. The highest BCUT2D eigenvalue weighted by atomic mass is 79.9. The fourth-order valence-corrected chi connectivity index (χ4v) is 2.05. The molecule has 0 radical (unpaired) electrons. The quantitative estimate of drug-likeness (QED) is 0.921. The van der Waals surface area contributed by atoms with E-state index in [1.165, 1.54) is 12.1 Å². The van der Waals surface area contributed by atoms with Crippen molar-refractivity contribution in [2.75, 3.05) is 12.4 Å². The van der Waals surface area contributed by atoms with E-state index < -0.39 is 5.82 Å². The summed E-state index contributed by atoms with van der Waals surface area (Å²) in [6, 6.07) is 11.7. The Bertz CT molecular complexity index is 614. The molecule has 0 atom stereocenters. The second-order valence-corrected chi connectivity index (χ2v) is 5.11. The molecular formula is C15H13BrFNO2. The first-order valence-corrected chi connectivity index (χ1v) is 6.75. The Morgan fingerprint density at radius 3 is 2.55 bits per heavy atom. The zero-order valence-electron chi connectivity index (χ0n) is 10.8. The lowest BCUT2D eigenvalue weighted by Gasteiger charge is -2.07. The number of anilines is 1. The Kier molecular flexibility index (Phi) is 4.74. The van der Waals surface area contributed by atoms with Gasteiger partial charge in [-0.1, -0.05) is 28.1 Å². The standard InChI is InChI=1S/C15H13BrFNO2/c1-20-12-5-2-10(3-6-12)8-15(19)18-14-7-4-11(16)9-13(14)17/h2-7,9H,8H2,1H3,(H,18,19). The van der Waals surface area contributed by atoms with Gasteiger partial charge < -0.3 is 10.1 Å². The van der Waals surface area contributed by atoms with Gasteiger partial charge >= 0.3 is 0 Å². The third kappa shape index (κ3) is 3.81. The van der Waals surface area contributed by atoms with Crippen LogP contribution in [0.2, 0.25) is 0 Å². The largest absolute Gasteiger partial charge is 0.497 e. The van der Waals surface area contributed by atoms with Crippen molar-refractivity contribution in [1.82, 2.24) is 0 Å². The summed E-state index contributed by atoms with van der Waals surface area (Å²) in [6.45, 7) is 0. The molecule has 0 saturated carbocycles. The summed E-state index contributed by atoms with van der Waals surface area (Å²) in [5, 5.41) is 2.55. The molecule has 3 nitrogen and oxygen atoms in total. The molecular weight excluding hydrogens is 325 g/mol. The van der Waals surface area contributed by atoms with Crippen LogP contribution in [0, 0.1) is 5.82 Å². The Hall–Kier alpha value is -1.88. The molecule has 0 aliphatic carbocycles. The highest BCUT2D eigenvalue weighted by Crippen LogP contribution is 2.19. The molecule has 0 unspecified atom stereocenters. The number of nitrogens with one attached hydrogen (secondary N) is 1. The molecule has 0 spiro atoms. The van der Waals surface area contributed by atoms with Crippen LogP contribution in [0.4, 0.5) is 10.1 Å². The van der Waals surface area contributed by atoms with Gasteiger partial charge in [-0.3, -0.25) is 4.79 Å². The number of halogens is 2. The fraction of sp³-hybridized carbons (Fsp3) is 0.133. The molecule has 104 valence electrons. The molecule has 5 heteroatoms. The Morgan fingerprint density at radius 1 is 1.25 bits per heavy atom. The predicted molar refractivity (Wildman–Crippen MR) is 79.4 cm³/mol. The number of hydrogen-bond donors (Lipinski definition) is 1. The number of hydrogen-bond acceptors (Lipinski definition) is 2. The van der Waals surface area contributed by atoms with E-state index in [9.17, 15) is 9.18 Å². The van der Waals surface area contributed by atoms with E-state index in [1.807, 2.05) is 0 Å². The zero-order valence-corrected chi connectivity index (χ0v) is 12.4.